The van der Waals surface area contributed by atoms with Gasteiger partial charge >= 0.3 is 0 Å². The van der Waals surface area contributed by atoms with Gasteiger partial charge in [0.05, 0.1) is 12.8 Å². The van der Waals surface area contributed by atoms with Crippen molar-refractivity contribution in [3.63, 3.8) is 0 Å². The van der Waals surface area contributed by atoms with E-state index in [0.29, 0.717) is 5.70 Å². The smallest absolute Gasteiger partial charge is 0.118 e. The van der Waals surface area contributed by atoms with Crippen LogP contribution < -0.4 is 5.73 Å². The Bertz CT molecular complexity index is 139. The molecule has 0 saturated carbocycles. The number of ether oxygens (including phenoxy) is 1. The number of hydrogen-bond donors (Lipinski definition) is 1. The number of methoxy groups -OCH3 is 1. The molecular weight excluding hydrogens is 150 g/mol. The molecule has 0 aromatic heterocycles. The molecule has 72 valence electrons. The van der Waals surface area contributed by atoms with E-state index in [9.17, 15) is 0 Å². The van der Waals surface area contributed by atoms with Crippen LogP contribution in [0.2, 0.25) is 0 Å². The molecule has 0 aliphatic carbocycles. The normalized spacial score (nSPS) is 10.7. The van der Waals surface area contributed by atoms with Gasteiger partial charge in [-0.1, -0.05) is 27.4 Å². The van der Waals surface area contributed by atoms with E-state index in [4.69, 9.17) is 10.5 Å². The van der Waals surface area contributed by atoms with Crippen molar-refractivity contribution in [2.75, 3.05) is 7.11 Å². The maximum atomic E-state index is 5.55. The Morgan fingerprint density at radius 1 is 1.50 bits per heavy atom. The van der Waals surface area contributed by atoms with Gasteiger partial charge in [-0.25, -0.2) is 0 Å². The van der Waals surface area contributed by atoms with Gasteiger partial charge in [0.2, 0.25) is 0 Å². The average molecular weight is 171 g/mol. The van der Waals surface area contributed by atoms with E-state index < -0.39 is 0 Å². The van der Waals surface area contributed by atoms with Crippen molar-refractivity contribution in [1.82, 2.24) is 0 Å². The lowest BCUT2D eigenvalue weighted by atomic mass is 10.2. The maximum absolute atomic E-state index is 5.55. The summed E-state index contributed by atoms with van der Waals surface area (Å²) in [6.07, 6.45) is 3.53. The zero-order valence-corrected chi connectivity index (χ0v) is 8.68. The lowest BCUT2D eigenvalue weighted by Gasteiger charge is -2.05. The Labute approximate surface area is 76.1 Å². The molecule has 0 aliphatic rings. The molecular formula is C10H21NO. The minimum absolute atomic E-state index is 0.643. The van der Waals surface area contributed by atoms with Gasteiger partial charge in [-0.2, -0.15) is 0 Å². The van der Waals surface area contributed by atoms with Crippen LogP contribution in [0, 0.1) is 0 Å². The highest BCUT2D eigenvalue weighted by Gasteiger charge is 1.97. The lowest BCUT2D eigenvalue weighted by Crippen LogP contribution is -2.00. The van der Waals surface area contributed by atoms with Crippen molar-refractivity contribution in [3.05, 3.63) is 24.1 Å². The molecule has 12 heavy (non-hydrogen) atoms. The van der Waals surface area contributed by atoms with E-state index in [1.165, 1.54) is 0 Å². The first kappa shape index (κ1) is 13.7. The van der Waals surface area contributed by atoms with Crippen LogP contribution >= 0.6 is 0 Å². The zero-order chi connectivity index (χ0) is 9.98. The largest absolute Gasteiger partial charge is 0.499 e. The van der Waals surface area contributed by atoms with E-state index >= 15 is 0 Å². The molecule has 0 saturated heterocycles. The topological polar surface area (TPSA) is 35.2 Å². The van der Waals surface area contributed by atoms with Crippen molar-refractivity contribution in [1.29, 1.82) is 0 Å². The predicted octanol–water partition coefficient (Wildman–Crippen LogP) is 2.82. The number of allylic oxidation sites excluding steroid dienone is 2. The molecule has 0 fully saturated rings. The third-order valence-electron chi connectivity index (χ3n) is 1.27. The van der Waals surface area contributed by atoms with Gasteiger partial charge in [0.15, 0.2) is 0 Å². The maximum Gasteiger partial charge on any atom is 0.118 e. The molecule has 0 unspecified atom stereocenters. The number of hydrogen-bond acceptors (Lipinski definition) is 2. The Kier molecular flexibility index (Phi) is 11.5. The van der Waals surface area contributed by atoms with Crippen molar-refractivity contribution < 1.29 is 4.74 Å². The van der Waals surface area contributed by atoms with Crippen LogP contribution in [0.25, 0.3) is 0 Å². The summed E-state index contributed by atoms with van der Waals surface area (Å²) < 4.78 is 5.03. The van der Waals surface area contributed by atoms with Crippen molar-refractivity contribution in [2.45, 2.75) is 33.6 Å². The summed E-state index contributed by atoms with van der Waals surface area (Å²) in [6, 6.07) is 0. The lowest BCUT2D eigenvalue weighted by molar-refractivity contribution is 0.272. The predicted molar refractivity (Wildman–Crippen MR) is 54.7 cm³/mol. The molecule has 0 rings (SSSR count). The standard InChI is InChI=1S/C8H15NO.C2H6/c1-4-6-8(10-3)7(9)5-2;1-2/h5H,2,4,6,9H2,1,3H3;1-2H3/b8-7-;. The van der Waals surface area contributed by atoms with E-state index in [0.717, 1.165) is 18.6 Å². The first-order chi connectivity index (χ1) is 5.76. The summed E-state index contributed by atoms with van der Waals surface area (Å²) >= 11 is 0. The molecule has 2 N–H and O–H groups in total. The molecule has 0 amide bonds. The zero-order valence-electron chi connectivity index (χ0n) is 8.68. The highest BCUT2D eigenvalue weighted by molar-refractivity contribution is 5.16. The van der Waals surface area contributed by atoms with Crippen molar-refractivity contribution in [3.8, 4) is 0 Å². The average Bonchev–Trinajstić information content (AvgIpc) is 2.16. The Balaban J connectivity index is 0. The number of rotatable bonds is 4. The van der Waals surface area contributed by atoms with E-state index in [1.54, 1.807) is 13.2 Å². The second kappa shape index (κ2) is 10.1. The van der Waals surface area contributed by atoms with Crippen LogP contribution in [0.15, 0.2) is 24.1 Å². The third-order valence-corrected chi connectivity index (χ3v) is 1.27. The highest BCUT2D eigenvalue weighted by atomic mass is 16.5. The first-order valence-corrected chi connectivity index (χ1v) is 4.41. The van der Waals surface area contributed by atoms with Crippen LogP contribution in [-0.2, 0) is 4.74 Å². The molecule has 0 bridgehead atoms. The van der Waals surface area contributed by atoms with Gasteiger partial charge in [0.1, 0.15) is 5.76 Å². The Morgan fingerprint density at radius 2 is 2.00 bits per heavy atom. The Hall–Kier alpha value is -0.920. The van der Waals surface area contributed by atoms with Gasteiger partial charge in [-0.3, -0.25) is 0 Å². The summed E-state index contributed by atoms with van der Waals surface area (Å²) in [5.74, 6) is 0.831. The SMILES string of the molecule is C=C/C(N)=C(\CCC)OC.CC. The van der Waals surface area contributed by atoms with Gasteiger partial charge in [-0.15, -0.1) is 0 Å². The van der Waals surface area contributed by atoms with Gasteiger partial charge in [0.25, 0.3) is 0 Å². The van der Waals surface area contributed by atoms with Crippen LogP contribution in [0.3, 0.4) is 0 Å². The second-order valence-electron chi connectivity index (χ2n) is 2.04. The van der Waals surface area contributed by atoms with E-state index in [-0.39, 0.29) is 0 Å². The minimum Gasteiger partial charge on any atom is -0.499 e. The fourth-order valence-electron chi connectivity index (χ4n) is 0.705. The molecule has 0 heterocycles. The van der Waals surface area contributed by atoms with Gasteiger partial charge in [-0.05, 0) is 12.5 Å². The van der Waals surface area contributed by atoms with Gasteiger partial charge < -0.3 is 10.5 Å². The molecule has 0 aliphatic heterocycles. The fraction of sp³-hybridized carbons (Fsp3) is 0.600. The fourth-order valence-corrected chi connectivity index (χ4v) is 0.705. The van der Waals surface area contributed by atoms with Gasteiger partial charge in [0, 0.05) is 6.42 Å². The minimum atomic E-state index is 0.643. The Morgan fingerprint density at radius 3 is 2.25 bits per heavy atom. The summed E-state index contributed by atoms with van der Waals surface area (Å²) in [6.45, 7) is 9.63. The monoisotopic (exact) mass is 171 g/mol. The quantitative estimate of drug-likeness (QED) is 0.521. The van der Waals surface area contributed by atoms with Crippen LogP contribution in [0.4, 0.5) is 0 Å². The van der Waals surface area contributed by atoms with Crippen LogP contribution in [0.1, 0.15) is 33.6 Å². The number of nitrogens with two attached hydrogens (primary N) is 1. The molecule has 2 heteroatoms. The highest BCUT2D eigenvalue weighted by Crippen LogP contribution is 2.08. The van der Waals surface area contributed by atoms with Crippen molar-refractivity contribution in [2.24, 2.45) is 5.73 Å². The second-order valence-corrected chi connectivity index (χ2v) is 2.04. The summed E-state index contributed by atoms with van der Waals surface area (Å²) in [5, 5.41) is 0. The molecule has 0 aromatic carbocycles. The first-order valence-electron chi connectivity index (χ1n) is 4.41. The van der Waals surface area contributed by atoms with Crippen molar-refractivity contribution >= 4 is 0 Å². The molecule has 0 aromatic rings. The summed E-state index contributed by atoms with van der Waals surface area (Å²) in [5.41, 5.74) is 6.19. The molecule has 2 nitrogen and oxygen atoms in total. The summed E-state index contributed by atoms with van der Waals surface area (Å²) in [4.78, 5) is 0. The van der Waals surface area contributed by atoms with Crippen LogP contribution in [-0.4, -0.2) is 7.11 Å². The summed E-state index contributed by atoms with van der Waals surface area (Å²) in [7, 11) is 1.63. The van der Waals surface area contributed by atoms with Crippen LogP contribution in [0.5, 0.6) is 0 Å². The van der Waals surface area contributed by atoms with E-state index in [1.807, 2.05) is 13.8 Å². The molecule has 0 radical (unpaired) electrons. The molecule has 0 spiro atoms. The third kappa shape index (κ3) is 5.83. The molecule has 0 atom stereocenters. The van der Waals surface area contributed by atoms with E-state index in [2.05, 4.69) is 13.5 Å².